The molecule has 1 amide bonds. The summed E-state index contributed by atoms with van der Waals surface area (Å²) in [6.07, 6.45) is 0. The molecule has 0 heterocycles. The molecule has 2 aromatic rings. The minimum Gasteiger partial charge on any atom is -0.507 e. The van der Waals surface area contributed by atoms with Crippen molar-refractivity contribution in [1.29, 1.82) is 0 Å². The number of rotatable bonds is 4. The third kappa shape index (κ3) is 3.33. The largest absolute Gasteiger partial charge is 0.507 e. The molecule has 4 N–H and O–H groups in total. The Morgan fingerprint density at radius 2 is 1.68 bits per heavy atom. The fourth-order valence-corrected chi connectivity index (χ4v) is 1.74. The van der Waals surface area contributed by atoms with Gasteiger partial charge in [-0.1, -0.05) is 36.4 Å². The smallest absolute Gasteiger partial charge is 0.255 e. The maximum Gasteiger partial charge on any atom is 0.255 e. The molecule has 0 unspecified atom stereocenters. The van der Waals surface area contributed by atoms with Gasteiger partial charge in [0.05, 0.1) is 5.56 Å². The highest BCUT2D eigenvalue weighted by molar-refractivity contribution is 5.96. The van der Waals surface area contributed by atoms with E-state index in [0.717, 1.165) is 11.1 Å². The topological polar surface area (TPSA) is 75.3 Å². The first-order valence-corrected chi connectivity index (χ1v) is 6.05. The van der Waals surface area contributed by atoms with Gasteiger partial charge >= 0.3 is 0 Å². The summed E-state index contributed by atoms with van der Waals surface area (Å²) in [6, 6.07) is 14.2. The lowest BCUT2D eigenvalue weighted by Gasteiger charge is -2.07. The van der Waals surface area contributed by atoms with Gasteiger partial charge in [-0.05, 0) is 23.3 Å². The summed E-state index contributed by atoms with van der Waals surface area (Å²) >= 11 is 0. The normalized spacial score (nSPS) is 10.2. The van der Waals surface area contributed by atoms with E-state index >= 15 is 0 Å². The summed E-state index contributed by atoms with van der Waals surface area (Å²) in [5, 5.41) is 12.3. The van der Waals surface area contributed by atoms with E-state index in [2.05, 4.69) is 5.32 Å². The second-order valence-corrected chi connectivity index (χ2v) is 4.22. The SMILES string of the molecule is NCc1ccc(CNC(=O)c2ccccc2O)cc1. The Morgan fingerprint density at radius 3 is 2.32 bits per heavy atom. The Balaban J connectivity index is 1.98. The van der Waals surface area contributed by atoms with Crippen LogP contribution in [-0.4, -0.2) is 11.0 Å². The van der Waals surface area contributed by atoms with Crippen LogP contribution in [0, 0.1) is 0 Å². The molecule has 0 spiro atoms. The molecule has 0 aliphatic heterocycles. The Kier molecular flexibility index (Phi) is 4.15. The number of para-hydroxylation sites is 1. The van der Waals surface area contributed by atoms with E-state index < -0.39 is 0 Å². The second kappa shape index (κ2) is 6.02. The Morgan fingerprint density at radius 1 is 1.05 bits per heavy atom. The predicted molar refractivity (Wildman–Crippen MR) is 73.6 cm³/mol. The Bertz CT molecular complexity index is 565. The molecular formula is C15H16N2O2. The van der Waals surface area contributed by atoms with Gasteiger partial charge in [0.2, 0.25) is 0 Å². The minimum atomic E-state index is -0.291. The van der Waals surface area contributed by atoms with Gasteiger partial charge in [0, 0.05) is 13.1 Å². The molecule has 0 atom stereocenters. The van der Waals surface area contributed by atoms with E-state index in [0.29, 0.717) is 13.1 Å². The summed E-state index contributed by atoms with van der Waals surface area (Å²) in [4.78, 5) is 11.9. The van der Waals surface area contributed by atoms with Crippen LogP contribution in [0.4, 0.5) is 0 Å². The number of amides is 1. The third-order valence-electron chi connectivity index (χ3n) is 2.86. The summed E-state index contributed by atoms with van der Waals surface area (Å²) in [5.74, 6) is -0.306. The van der Waals surface area contributed by atoms with E-state index in [1.165, 1.54) is 6.07 Å². The lowest BCUT2D eigenvalue weighted by Crippen LogP contribution is -2.22. The van der Waals surface area contributed by atoms with Gasteiger partial charge in [0.1, 0.15) is 5.75 Å². The molecule has 19 heavy (non-hydrogen) atoms. The van der Waals surface area contributed by atoms with Crippen LogP contribution in [-0.2, 0) is 13.1 Å². The van der Waals surface area contributed by atoms with E-state index in [1.807, 2.05) is 24.3 Å². The van der Waals surface area contributed by atoms with Gasteiger partial charge in [-0.15, -0.1) is 0 Å². The van der Waals surface area contributed by atoms with Crippen LogP contribution in [0.3, 0.4) is 0 Å². The maximum absolute atomic E-state index is 11.9. The lowest BCUT2D eigenvalue weighted by molar-refractivity contribution is 0.0948. The first kappa shape index (κ1) is 13.1. The van der Waals surface area contributed by atoms with Crippen molar-refractivity contribution < 1.29 is 9.90 Å². The zero-order valence-corrected chi connectivity index (χ0v) is 10.5. The molecule has 0 aromatic heterocycles. The number of nitrogens with two attached hydrogens (primary N) is 1. The maximum atomic E-state index is 11.9. The van der Waals surface area contributed by atoms with Crippen LogP contribution in [0.1, 0.15) is 21.5 Å². The molecular weight excluding hydrogens is 240 g/mol. The zero-order chi connectivity index (χ0) is 13.7. The lowest BCUT2D eigenvalue weighted by atomic mass is 10.1. The zero-order valence-electron chi connectivity index (χ0n) is 10.5. The molecule has 2 rings (SSSR count). The van der Waals surface area contributed by atoms with Gasteiger partial charge in [0.15, 0.2) is 0 Å². The van der Waals surface area contributed by atoms with Crippen LogP contribution in [0.2, 0.25) is 0 Å². The molecule has 0 bridgehead atoms. The molecule has 0 radical (unpaired) electrons. The molecule has 0 saturated heterocycles. The quantitative estimate of drug-likeness (QED) is 0.780. The van der Waals surface area contributed by atoms with Crippen LogP contribution in [0.5, 0.6) is 5.75 Å². The standard InChI is InChI=1S/C15H16N2O2/c16-9-11-5-7-12(8-6-11)10-17-15(19)13-3-1-2-4-14(13)18/h1-8,18H,9-10,16H2,(H,17,19). The van der Waals surface area contributed by atoms with Crippen LogP contribution in [0.15, 0.2) is 48.5 Å². The summed E-state index contributed by atoms with van der Waals surface area (Å²) in [7, 11) is 0. The number of hydrogen-bond donors (Lipinski definition) is 3. The van der Waals surface area contributed by atoms with E-state index in [9.17, 15) is 9.90 Å². The highest BCUT2D eigenvalue weighted by Gasteiger charge is 2.09. The average molecular weight is 256 g/mol. The molecule has 0 saturated carbocycles. The van der Waals surface area contributed by atoms with Crippen molar-refractivity contribution in [2.45, 2.75) is 13.1 Å². The summed E-state index contributed by atoms with van der Waals surface area (Å²) in [5.41, 5.74) is 7.83. The van der Waals surface area contributed by atoms with Crippen molar-refractivity contribution in [2.24, 2.45) is 5.73 Å². The number of phenols is 1. The number of phenolic OH excluding ortho intramolecular Hbond substituents is 1. The van der Waals surface area contributed by atoms with Crippen molar-refractivity contribution in [3.8, 4) is 5.75 Å². The van der Waals surface area contributed by atoms with Gasteiger partial charge in [-0.3, -0.25) is 4.79 Å². The van der Waals surface area contributed by atoms with Gasteiger partial charge < -0.3 is 16.2 Å². The van der Waals surface area contributed by atoms with E-state index in [4.69, 9.17) is 5.73 Å². The Labute approximate surface area is 111 Å². The van der Waals surface area contributed by atoms with Crippen molar-refractivity contribution in [2.75, 3.05) is 0 Å². The number of hydrogen-bond acceptors (Lipinski definition) is 3. The van der Waals surface area contributed by atoms with Crippen LogP contribution in [0.25, 0.3) is 0 Å². The Hall–Kier alpha value is -2.33. The fourth-order valence-electron chi connectivity index (χ4n) is 1.74. The van der Waals surface area contributed by atoms with Crippen molar-refractivity contribution >= 4 is 5.91 Å². The molecule has 4 heteroatoms. The highest BCUT2D eigenvalue weighted by atomic mass is 16.3. The second-order valence-electron chi connectivity index (χ2n) is 4.22. The molecule has 0 aliphatic rings. The average Bonchev–Trinajstić information content (AvgIpc) is 2.46. The van der Waals surface area contributed by atoms with E-state index in [1.54, 1.807) is 18.2 Å². The van der Waals surface area contributed by atoms with E-state index in [-0.39, 0.29) is 17.2 Å². The number of benzene rings is 2. The first-order valence-electron chi connectivity index (χ1n) is 6.05. The van der Waals surface area contributed by atoms with Gasteiger partial charge in [-0.2, -0.15) is 0 Å². The van der Waals surface area contributed by atoms with Gasteiger partial charge in [-0.25, -0.2) is 0 Å². The summed E-state index contributed by atoms with van der Waals surface area (Å²) < 4.78 is 0. The number of aromatic hydroxyl groups is 1. The molecule has 2 aromatic carbocycles. The monoisotopic (exact) mass is 256 g/mol. The molecule has 98 valence electrons. The van der Waals surface area contributed by atoms with Crippen molar-refractivity contribution in [1.82, 2.24) is 5.32 Å². The first-order chi connectivity index (χ1) is 9.20. The molecule has 4 nitrogen and oxygen atoms in total. The number of carbonyl (C=O) groups is 1. The minimum absolute atomic E-state index is 0.0153. The highest BCUT2D eigenvalue weighted by Crippen LogP contribution is 2.15. The third-order valence-corrected chi connectivity index (χ3v) is 2.86. The molecule has 0 aliphatic carbocycles. The predicted octanol–water partition coefficient (Wildman–Crippen LogP) is 1.78. The summed E-state index contributed by atoms with van der Waals surface area (Å²) in [6.45, 7) is 0.919. The number of carbonyl (C=O) groups excluding carboxylic acids is 1. The van der Waals surface area contributed by atoms with Gasteiger partial charge in [0.25, 0.3) is 5.91 Å². The molecule has 0 fully saturated rings. The van der Waals surface area contributed by atoms with Crippen molar-refractivity contribution in [3.05, 3.63) is 65.2 Å². The number of nitrogens with one attached hydrogen (secondary N) is 1. The van der Waals surface area contributed by atoms with Crippen LogP contribution >= 0.6 is 0 Å². The fraction of sp³-hybridized carbons (Fsp3) is 0.133. The van der Waals surface area contributed by atoms with Crippen LogP contribution < -0.4 is 11.1 Å². The van der Waals surface area contributed by atoms with Crippen molar-refractivity contribution in [3.63, 3.8) is 0 Å².